The van der Waals surface area contributed by atoms with E-state index >= 15 is 0 Å². The molecule has 0 saturated carbocycles. The van der Waals surface area contributed by atoms with Crippen molar-refractivity contribution in [1.29, 1.82) is 0 Å². The standard InChI is InChI=1S/C10H14ClNO2S/c1-7(6-11)12(2)10(13)9-8(14-3)4-5-15-9/h4-5,7H,6H2,1-3H3. The Morgan fingerprint density at radius 1 is 1.73 bits per heavy atom. The van der Waals surface area contributed by atoms with Gasteiger partial charge in [0.1, 0.15) is 10.6 Å². The van der Waals surface area contributed by atoms with Gasteiger partial charge in [0, 0.05) is 19.0 Å². The van der Waals surface area contributed by atoms with Crippen molar-refractivity contribution in [2.45, 2.75) is 13.0 Å². The van der Waals surface area contributed by atoms with Gasteiger partial charge in [-0.2, -0.15) is 0 Å². The van der Waals surface area contributed by atoms with Crippen LogP contribution in [0.1, 0.15) is 16.6 Å². The molecular formula is C10H14ClNO2S. The average Bonchev–Trinajstić information content (AvgIpc) is 2.73. The molecule has 0 aromatic carbocycles. The topological polar surface area (TPSA) is 29.5 Å². The van der Waals surface area contributed by atoms with Crippen LogP contribution in [0.3, 0.4) is 0 Å². The molecule has 0 aliphatic carbocycles. The van der Waals surface area contributed by atoms with Crippen molar-refractivity contribution in [2.24, 2.45) is 0 Å². The smallest absolute Gasteiger partial charge is 0.267 e. The summed E-state index contributed by atoms with van der Waals surface area (Å²) in [7, 11) is 3.30. The van der Waals surface area contributed by atoms with E-state index in [1.165, 1.54) is 11.3 Å². The van der Waals surface area contributed by atoms with E-state index in [4.69, 9.17) is 16.3 Å². The van der Waals surface area contributed by atoms with Gasteiger partial charge in [-0.15, -0.1) is 22.9 Å². The van der Waals surface area contributed by atoms with Crippen LogP contribution in [0.5, 0.6) is 5.75 Å². The first-order valence-corrected chi connectivity index (χ1v) is 5.97. The molecule has 1 aromatic rings. The van der Waals surface area contributed by atoms with Crippen LogP contribution < -0.4 is 4.74 Å². The van der Waals surface area contributed by atoms with Crippen molar-refractivity contribution >= 4 is 28.8 Å². The number of amides is 1. The Hall–Kier alpha value is -0.740. The Balaban J connectivity index is 2.84. The zero-order valence-corrected chi connectivity index (χ0v) is 10.6. The van der Waals surface area contributed by atoms with Gasteiger partial charge in [-0.1, -0.05) is 0 Å². The van der Waals surface area contributed by atoms with E-state index in [0.29, 0.717) is 16.5 Å². The second-order valence-electron chi connectivity index (χ2n) is 3.24. The van der Waals surface area contributed by atoms with Crippen LogP contribution in [0, 0.1) is 0 Å². The molecule has 1 aromatic heterocycles. The van der Waals surface area contributed by atoms with E-state index in [0.717, 1.165) is 0 Å². The molecule has 0 bridgehead atoms. The lowest BCUT2D eigenvalue weighted by Gasteiger charge is -2.22. The van der Waals surface area contributed by atoms with Gasteiger partial charge in [0.15, 0.2) is 0 Å². The molecule has 1 heterocycles. The molecule has 0 saturated heterocycles. The van der Waals surface area contributed by atoms with Gasteiger partial charge in [-0.3, -0.25) is 4.79 Å². The highest BCUT2D eigenvalue weighted by molar-refractivity contribution is 7.12. The fourth-order valence-corrected chi connectivity index (χ4v) is 2.13. The Kier molecular flexibility index (Phi) is 4.42. The predicted molar refractivity (Wildman–Crippen MR) is 63.1 cm³/mol. The maximum Gasteiger partial charge on any atom is 0.267 e. The van der Waals surface area contributed by atoms with Crippen LogP contribution in [-0.4, -0.2) is 36.9 Å². The minimum Gasteiger partial charge on any atom is -0.495 e. The fourth-order valence-electron chi connectivity index (χ4n) is 1.08. The third kappa shape index (κ3) is 2.63. The highest BCUT2D eigenvalue weighted by atomic mass is 35.5. The Morgan fingerprint density at radius 3 is 2.93 bits per heavy atom. The molecule has 1 unspecified atom stereocenters. The normalized spacial score (nSPS) is 12.3. The summed E-state index contributed by atoms with van der Waals surface area (Å²) in [5, 5.41) is 1.84. The van der Waals surface area contributed by atoms with Crippen LogP contribution in [0.15, 0.2) is 11.4 Å². The molecule has 0 spiro atoms. The summed E-state index contributed by atoms with van der Waals surface area (Å²) in [4.78, 5) is 14.2. The summed E-state index contributed by atoms with van der Waals surface area (Å²) >= 11 is 7.08. The van der Waals surface area contributed by atoms with Gasteiger partial charge in [0.05, 0.1) is 7.11 Å². The molecule has 0 aliphatic heterocycles. The van der Waals surface area contributed by atoms with Gasteiger partial charge >= 0.3 is 0 Å². The average molecular weight is 248 g/mol. The highest BCUT2D eigenvalue weighted by Crippen LogP contribution is 2.26. The summed E-state index contributed by atoms with van der Waals surface area (Å²) in [6.45, 7) is 1.91. The maximum absolute atomic E-state index is 12.0. The minimum absolute atomic E-state index is 0.0194. The second kappa shape index (κ2) is 5.37. The number of methoxy groups -OCH3 is 1. The molecule has 15 heavy (non-hydrogen) atoms. The predicted octanol–water partition coefficient (Wildman–Crippen LogP) is 2.46. The van der Waals surface area contributed by atoms with Crippen molar-refractivity contribution in [2.75, 3.05) is 20.0 Å². The van der Waals surface area contributed by atoms with E-state index in [-0.39, 0.29) is 11.9 Å². The number of thiophene rings is 1. The monoisotopic (exact) mass is 247 g/mol. The number of hydrogen-bond acceptors (Lipinski definition) is 3. The summed E-state index contributed by atoms with van der Waals surface area (Å²) < 4.78 is 5.10. The largest absolute Gasteiger partial charge is 0.495 e. The summed E-state index contributed by atoms with van der Waals surface area (Å²) in [6.07, 6.45) is 0. The molecule has 0 N–H and O–H groups in total. The van der Waals surface area contributed by atoms with Crippen molar-refractivity contribution in [3.8, 4) is 5.75 Å². The van der Waals surface area contributed by atoms with Crippen LogP contribution in [-0.2, 0) is 0 Å². The lowest BCUT2D eigenvalue weighted by Crippen LogP contribution is -2.35. The third-order valence-corrected chi connectivity index (χ3v) is 3.58. The molecule has 1 rings (SSSR count). The summed E-state index contributed by atoms with van der Waals surface area (Å²) in [6, 6.07) is 1.81. The number of halogens is 1. The van der Waals surface area contributed by atoms with E-state index in [2.05, 4.69) is 0 Å². The number of carbonyl (C=O) groups is 1. The van der Waals surface area contributed by atoms with Crippen molar-refractivity contribution in [1.82, 2.24) is 4.90 Å². The zero-order valence-electron chi connectivity index (χ0n) is 8.99. The number of nitrogens with zero attached hydrogens (tertiary/aromatic N) is 1. The lowest BCUT2D eigenvalue weighted by molar-refractivity contribution is 0.0758. The van der Waals surface area contributed by atoms with Gasteiger partial charge in [-0.25, -0.2) is 0 Å². The first kappa shape index (κ1) is 12.3. The number of carbonyl (C=O) groups excluding carboxylic acids is 1. The molecule has 84 valence electrons. The molecule has 0 radical (unpaired) electrons. The molecule has 0 fully saturated rings. The highest BCUT2D eigenvalue weighted by Gasteiger charge is 2.21. The fraction of sp³-hybridized carbons (Fsp3) is 0.500. The molecular weight excluding hydrogens is 234 g/mol. The van der Waals surface area contributed by atoms with Crippen LogP contribution in [0.25, 0.3) is 0 Å². The Labute approximate surface area is 98.6 Å². The Morgan fingerprint density at radius 2 is 2.40 bits per heavy atom. The molecule has 0 aliphatic rings. The van der Waals surface area contributed by atoms with Crippen molar-refractivity contribution in [3.63, 3.8) is 0 Å². The van der Waals surface area contributed by atoms with Crippen LogP contribution >= 0.6 is 22.9 Å². The van der Waals surface area contributed by atoms with Crippen molar-refractivity contribution < 1.29 is 9.53 Å². The molecule has 5 heteroatoms. The number of rotatable bonds is 4. The number of hydrogen-bond donors (Lipinski definition) is 0. The molecule has 3 nitrogen and oxygen atoms in total. The SMILES string of the molecule is COc1ccsc1C(=O)N(C)C(C)CCl. The van der Waals surface area contributed by atoms with Gasteiger partial charge in [-0.05, 0) is 18.4 Å². The summed E-state index contributed by atoms with van der Waals surface area (Å²) in [5.41, 5.74) is 0. The van der Waals surface area contributed by atoms with E-state index in [1.54, 1.807) is 25.1 Å². The van der Waals surface area contributed by atoms with Gasteiger partial charge in [0.2, 0.25) is 0 Å². The number of ether oxygens (including phenoxy) is 1. The van der Waals surface area contributed by atoms with Gasteiger partial charge in [0.25, 0.3) is 5.91 Å². The Bertz CT molecular complexity index is 340. The summed E-state index contributed by atoms with van der Waals surface area (Å²) in [5.74, 6) is 1.00. The third-order valence-electron chi connectivity index (χ3n) is 2.25. The minimum atomic E-state index is -0.0463. The second-order valence-corrected chi connectivity index (χ2v) is 4.46. The van der Waals surface area contributed by atoms with Crippen LogP contribution in [0.2, 0.25) is 0 Å². The van der Waals surface area contributed by atoms with Crippen LogP contribution in [0.4, 0.5) is 0 Å². The molecule has 1 atom stereocenters. The first-order valence-electron chi connectivity index (χ1n) is 4.56. The lowest BCUT2D eigenvalue weighted by atomic mass is 10.3. The first-order chi connectivity index (χ1) is 7.11. The van der Waals surface area contributed by atoms with E-state index in [1.807, 2.05) is 12.3 Å². The van der Waals surface area contributed by atoms with E-state index in [9.17, 15) is 4.79 Å². The van der Waals surface area contributed by atoms with Gasteiger partial charge < -0.3 is 9.64 Å². The number of alkyl halides is 1. The quantitative estimate of drug-likeness (QED) is 0.765. The maximum atomic E-state index is 12.0. The zero-order chi connectivity index (χ0) is 11.4. The molecule has 1 amide bonds. The van der Waals surface area contributed by atoms with Crippen molar-refractivity contribution in [3.05, 3.63) is 16.3 Å². The van der Waals surface area contributed by atoms with E-state index < -0.39 is 0 Å².